The lowest BCUT2D eigenvalue weighted by Gasteiger charge is -2.32. The predicted molar refractivity (Wildman–Crippen MR) is 137 cm³/mol. The minimum Gasteiger partial charge on any atom is -0.372 e. The van der Waals surface area contributed by atoms with Crippen molar-refractivity contribution in [2.45, 2.75) is 25.6 Å². The van der Waals surface area contributed by atoms with E-state index in [4.69, 9.17) is 5.73 Å². The first-order valence-electron chi connectivity index (χ1n) is 11.9. The van der Waals surface area contributed by atoms with Crippen molar-refractivity contribution in [1.29, 1.82) is 0 Å². The molecule has 1 unspecified atom stereocenters. The molecule has 6 rings (SSSR count). The molecule has 1 aliphatic rings. The van der Waals surface area contributed by atoms with Gasteiger partial charge in [0.2, 0.25) is 11.9 Å². The number of aliphatic hydroxyl groups excluding tert-OH is 1. The quantitative estimate of drug-likeness (QED) is 0.341. The molecule has 0 radical (unpaired) electrons. The molecule has 0 aliphatic carbocycles. The molecule has 186 valence electrons. The van der Waals surface area contributed by atoms with Gasteiger partial charge in [0.25, 0.3) is 0 Å². The van der Waals surface area contributed by atoms with Gasteiger partial charge in [-0.2, -0.15) is 0 Å². The molecule has 3 aromatic heterocycles. The van der Waals surface area contributed by atoms with Crippen LogP contribution in [0, 0.1) is 5.82 Å². The lowest BCUT2D eigenvalue weighted by Crippen LogP contribution is -2.34. The van der Waals surface area contributed by atoms with Crippen molar-refractivity contribution in [2.75, 3.05) is 17.6 Å². The molecule has 0 bridgehead atoms. The van der Waals surface area contributed by atoms with Crippen molar-refractivity contribution in [3.8, 4) is 0 Å². The summed E-state index contributed by atoms with van der Waals surface area (Å²) in [5.74, 6) is -0.0189. The molecule has 1 aliphatic heterocycles. The molecule has 0 spiro atoms. The lowest BCUT2D eigenvalue weighted by atomic mass is 9.96. The first kappa shape index (κ1) is 23.0. The number of fused-ring (bicyclic) bond motifs is 4. The van der Waals surface area contributed by atoms with Gasteiger partial charge in [0.05, 0.1) is 6.42 Å². The molecular formula is C27H24FN7O2. The number of nitrogen functional groups attached to an aromatic ring is 1. The van der Waals surface area contributed by atoms with Crippen LogP contribution >= 0.6 is 0 Å². The van der Waals surface area contributed by atoms with Gasteiger partial charge in [-0.1, -0.05) is 30.3 Å². The summed E-state index contributed by atoms with van der Waals surface area (Å²) in [6.07, 6.45) is 3.24. The van der Waals surface area contributed by atoms with Crippen molar-refractivity contribution >= 4 is 34.2 Å². The lowest BCUT2D eigenvalue weighted by molar-refractivity contribution is -0.115. The summed E-state index contributed by atoms with van der Waals surface area (Å²) >= 11 is 0. The zero-order chi connectivity index (χ0) is 25.5. The van der Waals surface area contributed by atoms with Gasteiger partial charge in [0, 0.05) is 30.9 Å². The Morgan fingerprint density at radius 3 is 2.86 bits per heavy atom. The maximum absolute atomic E-state index is 14.3. The highest BCUT2D eigenvalue weighted by Crippen LogP contribution is 2.29. The Morgan fingerprint density at radius 1 is 1.14 bits per heavy atom. The van der Waals surface area contributed by atoms with E-state index in [0.717, 1.165) is 17.5 Å². The van der Waals surface area contributed by atoms with Crippen LogP contribution in [0.5, 0.6) is 0 Å². The monoisotopic (exact) mass is 497 g/mol. The van der Waals surface area contributed by atoms with E-state index in [1.807, 2.05) is 29.2 Å². The number of nitrogens with zero attached hydrogens (tertiary/aromatic N) is 5. The Morgan fingerprint density at radius 2 is 2.03 bits per heavy atom. The summed E-state index contributed by atoms with van der Waals surface area (Å²) in [5.41, 5.74) is 10.2. The van der Waals surface area contributed by atoms with Gasteiger partial charge in [0.15, 0.2) is 6.23 Å². The van der Waals surface area contributed by atoms with Crippen molar-refractivity contribution in [1.82, 2.24) is 24.3 Å². The minimum atomic E-state index is -0.993. The van der Waals surface area contributed by atoms with E-state index in [1.54, 1.807) is 41.1 Å². The average Bonchev–Trinajstić information content (AvgIpc) is 3.36. The van der Waals surface area contributed by atoms with E-state index in [-0.39, 0.29) is 23.8 Å². The normalized spacial score (nSPS) is 14.5. The fourth-order valence-corrected chi connectivity index (χ4v) is 4.81. The Balaban J connectivity index is 1.22. The van der Waals surface area contributed by atoms with Crippen molar-refractivity contribution in [3.63, 3.8) is 0 Å². The van der Waals surface area contributed by atoms with E-state index in [0.29, 0.717) is 35.6 Å². The number of nitrogens with one attached hydrogen (secondary N) is 1. The Labute approximate surface area is 211 Å². The maximum Gasteiger partial charge on any atom is 0.229 e. The number of carbonyl (C=O) groups is 1. The second-order valence-corrected chi connectivity index (χ2v) is 9.10. The number of nitrogens with two attached hydrogens (primary N) is 1. The number of aliphatic hydroxyl groups is 1. The van der Waals surface area contributed by atoms with E-state index in [2.05, 4.69) is 20.3 Å². The first-order chi connectivity index (χ1) is 18.0. The summed E-state index contributed by atoms with van der Waals surface area (Å²) < 4.78 is 15.8. The summed E-state index contributed by atoms with van der Waals surface area (Å²) in [4.78, 5) is 27.3. The van der Waals surface area contributed by atoms with Crippen LogP contribution in [0.15, 0.2) is 67.0 Å². The van der Waals surface area contributed by atoms with Crippen molar-refractivity contribution in [3.05, 3.63) is 95.2 Å². The molecule has 9 nitrogen and oxygen atoms in total. The number of hydrogen-bond donors (Lipinski definition) is 3. The Hall–Kier alpha value is -4.41. The molecule has 10 heteroatoms. The number of amides is 1. The van der Waals surface area contributed by atoms with E-state index < -0.39 is 12.0 Å². The van der Waals surface area contributed by atoms with Crippen LogP contribution < -0.4 is 11.1 Å². The third kappa shape index (κ3) is 4.37. The third-order valence-electron chi connectivity index (χ3n) is 6.65. The number of imidazole rings is 1. The average molecular weight is 498 g/mol. The zero-order valence-corrected chi connectivity index (χ0v) is 19.8. The van der Waals surface area contributed by atoms with Crippen LogP contribution in [0.25, 0.3) is 16.6 Å². The summed E-state index contributed by atoms with van der Waals surface area (Å²) in [6.45, 7) is 1.12. The minimum absolute atomic E-state index is 0.0937. The number of rotatable bonds is 5. The largest absolute Gasteiger partial charge is 0.372 e. The maximum atomic E-state index is 14.3. The van der Waals surface area contributed by atoms with Gasteiger partial charge in [-0.3, -0.25) is 14.1 Å². The molecular weight excluding hydrogens is 473 g/mol. The second kappa shape index (κ2) is 9.23. The highest BCUT2D eigenvalue weighted by molar-refractivity contribution is 5.93. The van der Waals surface area contributed by atoms with Gasteiger partial charge in [-0.05, 0) is 47.4 Å². The molecule has 2 aromatic carbocycles. The fourth-order valence-electron chi connectivity index (χ4n) is 4.81. The SMILES string of the molecule is Nc1nc2c(F)cccc2c2nc(C(O)N3CCc4ccc(CC(=O)Nc5ccccn5)cc4C3)cn12. The van der Waals surface area contributed by atoms with Gasteiger partial charge in [-0.15, -0.1) is 0 Å². The molecule has 0 saturated carbocycles. The number of benzene rings is 2. The van der Waals surface area contributed by atoms with Crippen LogP contribution in [0.3, 0.4) is 0 Å². The molecule has 5 aromatic rings. The summed E-state index contributed by atoms with van der Waals surface area (Å²) in [6, 6.07) is 16.0. The number of pyridine rings is 1. The Bertz CT molecular complexity index is 1640. The molecule has 4 N–H and O–H groups in total. The van der Waals surface area contributed by atoms with Crippen LogP contribution in [0.2, 0.25) is 0 Å². The topological polar surface area (TPSA) is 122 Å². The fraction of sp³-hybridized carbons (Fsp3) is 0.185. The van der Waals surface area contributed by atoms with Crippen molar-refractivity contribution in [2.24, 2.45) is 0 Å². The molecule has 37 heavy (non-hydrogen) atoms. The van der Waals surface area contributed by atoms with Crippen LogP contribution in [0.1, 0.15) is 28.6 Å². The smallest absolute Gasteiger partial charge is 0.229 e. The predicted octanol–water partition coefficient (Wildman–Crippen LogP) is 3.23. The molecule has 4 heterocycles. The number of carbonyl (C=O) groups excluding carboxylic acids is 1. The zero-order valence-electron chi connectivity index (χ0n) is 19.8. The number of halogens is 1. The van der Waals surface area contributed by atoms with Crippen LogP contribution in [-0.4, -0.2) is 41.8 Å². The second-order valence-electron chi connectivity index (χ2n) is 9.10. The standard InChI is InChI=1S/C27H24FN7O2/c28-20-5-3-4-19-24(20)33-27(29)35-15-21(31-25(19)35)26(37)34-11-9-17-8-7-16(12-18(17)14-34)13-23(36)32-22-6-1-2-10-30-22/h1-8,10,12,15,26,37H,9,11,13-14H2,(H2,29,33)(H,30,32,36). The highest BCUT2D eigenvalue weighted by Gasteiger charge is 2.26. The number of hydrogen-bond acceptors (Lipinski definition) is 7. The van der Waals surface area contributed by atoms with Crippen LogP contribution in [-0.2, 0) is 24.2 Å². The van der Waals surface area contributed by atoms with Gasteiger partial charge < -0.3 is 16.2 Å². The van der Waals surface area contributed by atoms with Gasteiger partial charge >= 0.3 is 0 Å². The third-order valence-corrected chi connectivity index (χ3v) is 6.65. The van der Waals surface area contributed by atoms with Gasteiger partial charge in [-0.25, -0.2) is 19.3 Å². The van der Waals surface area contributed by atoms with Gasteiger partial charge in [0.1, 0.15) is 28.5 Å². The molecule has 0 fully saturated rings. The summed E-state index contributed by atoms with van der Waals surface area (Å²) in [5, 5.41) is 14.5. The summed E-state index contributed by atoms with van der Waals surface area (Å²) in [7, 11) is 0. The molecule has 0 saturated heterocycles. The van der Waals surface area contributed by atoms with E-state index in [9.17, 15) is 14.3 Å². The van der Waals surface area contributed by atoms with Crippen LogP contribution in [0.4, 0.5) is 16.2 Å². The van der Waals surface area contributed by atoms with E-state index >= 15 is 0 Å². The molecule has 1 amide bonds. The first-order valence-corrected chi connectivity index (χ1v) is 11.9. The van der Waals surface area contributed by atoms with Crippen molar-refractivity contribution < 1.29 is 14.3 Å². The molecule has 1 atom stereocenters. The number of anilines is 2. The van der Waals surface area contributed by atoms with E-state index in [1.165, 1.54) is 11.6 Å². The number of aromatic nitrogens is 4. The highest BCUT2D eigenvalue weighted by atomic mass is 19.1. The Kier molecular flexibility index (Phi) is 5.74. The number of para-hydroxylation sites is 1.